The van der Waals surface area contributed by atoms with Gasteiger partial charge in [0.25, 0.3) is 0 Å². The molecule has 0 amide bonds. The molecule has 1 N–H and O–H groups in total. The van der Waals surface area contributed by atoms with Crippen LogP contribution in [0.2, 0.25) is 0 Å². The van der Waals surface area contributed by atoms with Gasteiger partial charge in [-0.1, -0.05) is 13.3 Å². The van der Waals surface area contributed by atoms with Crippen molar-refractivity contribution in [3.8, 4) is 0 Å². The standard InChI is InChI=1S/C10H18O3/c1-3-7-5-8(11)6-9(7)10(12)13-4-2/h7-9,11H,3-6H2,1-2H3/t7-,8+,9-/m0/s1. The van der Waals surface area contributed by atoms with Crippen LogP contribution in [0.25, 0.3) is 0 Å². The zero-order valence-electron chi connectivity index (χ0n) is 8.32. The molecule has 0 aliphatic heterocycles. The Morgan fingerprint density at radius 2 is 2.15 bits per heavy atom. The van der Waals surface area contributed by atoms with E-state index in [1.165, 1.54) is 0 Å². The van der Waals surface area contributed by atoms with Gasteiger partial charge in [0.15, 0.2) is 0 Å². The smallest absolute Gasteiger partial charge is 0.309 e. The number of aliphatic hydroxyl groups excluding tert-OH is 1. The number of esters is 1. The SMILES string of the molecule is CCOC(=O)[C@H]1C[C@H](O)C[C@@H]1CC. The van der Waals surface area contributed by atoms with Crippen LogP contribution < -0.4 is 0 Å². The summed E-state index contributed by atoms with van der Waals surface area (Å²) >= 11 is 0. The normalized spacial score (nSPS) is 33.3. The van der Waals surface area contributed by atoms with Crippen molar-refractivity contribution in [1.82, 2.24) is 0 Å². The van der Waals surface area contributed by atoms with E-state index in [1.54, 1.807) is 0 Å². The second-order valence-electron chi connectivity index (χ2n) is 3.65. The maximum Gasteiger partial charge on any atom is 0.309 e. The third kappa shape index (κ3) is 2.44. The van der Waals surface area contributed by atoms with Crippen molar-refractivity contribution in [2.24, 2.45) is 11.8 Å². The largest absolute Gasteiger partial charge is 0.466 e. The zero-order chi connectivity index (χ0) is 9.84. The van der Waals surface area contributed by atoms with Crippen LogP contribution in [0.15, 0.2) is 0 Å². The summed E-state index contributed by atoms with van der Waals surface area (Å²) < 4.78 is 4.96. The predicted octanol–water partition coefficient (Wildman–Crippen LogP) is 1.35. The Labute approximate surface area is 79.1 Å². The van der Waals surface area contributed by atoms with Crippen LogP contribution in [0, 0.1) is 11.8 Å². The molecule has 1 aliphatic carbocycles. The number of aliphatic hydroxyl groups is 1. The van der Waals surface area contributed by atoms with Gasteiger partial charge in [0, 0.05) is 0 Å². The van der Waals surface area contributed by atoms with Crippen molar-refractivity contribution in [1.29, 1.82) is 0 Å². The highest BCUT2D eigenvalue weighted by Crippen LogP contribution is 2.34. The molecule has 13 heavy (non-hydrogen) atoms. The molecule has 1 rings (SSSR count). The molecular weight excluding hydrogens is 168 g/mol. The number of carbonyl (C=O) groups is 1. The Balaban J connectivity index is 2.52. The second kappa shape index (κ2) is 4.61. The molecule has 0 heterocycles. The van der Waals surface area contributed by atoms with Crippen LogP contribution in [0.5, 0.6) is 0 Å². The third-order valence-corrected chi connectivity index (χ3v) is 2.78. The first-order chi connectivity index (χ1) is 6.19. The molecule has 1 aliphatic rings. The van der Waals surface area contributed by atoms with E-state index >= 15 is 0 Å². The van der Waals surface area contributed by atoms with Gasteiger partial charge in [-0.3, -0.25) is 4.79 Å². The first-order valence-corrected chi connectivity index (χ1v) is 5.03. The molecule has 0 aromatic rings. The lowest BCUT2D eigenvalue weighted by Crippen LogP contribution is -2.21. The van der Waals surface area contributed by atoms with Gasteiger partial charge in [0.2, 0.25) is 0 Å². The molecule has 3 heteroatoms. The molecule has 1 saturated carbocycles. The van der Waals surface area contributed by atoms with Gasteiger partial charge in [-0.2, -0.15) is 0 Å². The van der Waals surface area contributed by atoms with Gasteiger partial charge in [-0.25, -0.2) is 0 Å². The molecule has 3 nitrogen and oxygen atoms in total. The fourth-order valence-electron chi connectivity index (χ4n) is 2.08. The summed E-state index contributed by atoms with van der Waals surface area (Å²) in [4.78, 5) is 11.4. The predicted molar refractivity (Wildman–Crippen MR) is 49.1 cm³/mol. The van der Waals surface area contributed by atoms with E-state index in [0.717, 1.165) is 12.8 Å². The molecule has 0 aromatic carbocycles. The van der Waals surface area contributed by atoms with E-state index in [4.69, 9.17) is 4.74 Å². The molecule has 0 aromatic heterocycles. The van der Waals surface area contributed by atoms with E-state index in [2.05, 4.69) is 6.92 Å². The fraction of sp³-hybridized carbons (Fsp3) is 0.900. The van der Waals surface area contributed by atoms with Gasteiger partial charge in [-0.15, -0.1) is 0 Å². The van der Waals surface area contributed by atoms with Crippen LogP contribution in [-0.2, 0) is 9.53 Å². The van der Waals surface area contributed by atoms with Crippen molar-refractivity contribution in [2.45, 2.75) is 39.2 Å². The minimum Gasteiger partial charge on any atom is -0.466 e. The monoisotopic (exact) mass is 186 g/mol. The fourth-order valence-corrected chi connectivity index (χ4v) is 2.08. The van der Waals surface area contributed by atoms with Gasteiger partial charge in [0.05, 0.1) is 18.6 Å². The number of carbonyl (C=O) groups excluding carboxylic acids is 1. The first kappa shape index (κ1) is 10.5. The zero-order valence-corrected chi connectivity index (χ0v) is 8.32. The summed E-state index contributed by atoms with van der Waals surface area (Å²) in [5.41, 5.74) is 0. The van der Waals surface area contributed by atoms with Crippen LogP contribution in [-0.4, -0.2) is 23.8 Å². The maximum atomic E-state index is 11.4. The average molecular weight is 186 g/mol. The van der Waals surface area contributed by atoms with Gasteiger partial charge < -0.3 is 9.84 Å². The summed E-state index contributed by atoms with van der Waals surface area (Å²) in [7, 11) is 0. The van der Waals surface area contributed by atoms with Gasteiger partial charge in [-0.05, 0) is 25.7 Å². The molecule has 3 atom stereocenters. The van der Waals surface area contributed by atoms with Crippen LogP contribution in [0.1, 0.15) is 33.1 Å². The molecule has 0 radical (unpaired) electrons. The molecule has 0 unspecified atom stereocenters. The first-order valence-electron chi connectivity index (χ1n) is 5.03. The van der Waals surface area contributed by atoms with Crippen molar-refractivity contribution < 1.29 is 14.6 Å². The second-order valence-corrected chi connectivity index (χ2v) is 3.65. The van der Waals surface area contributed by atoms with Crippen molar-refractivity contribution in [3.63, 3.8) is 0 Å². The summed E-state index contributed by atoms with van der Waals surface area (Å²) in [5, 5.41) is 9.41. The Morgan fingerprint density at radius 1 is 1.46 bits per heavy atom. The Kier molecular flexibility index (Phi) is 3.72. The summed E-state index contributed by atoms with van der Waals surface area (Å²) in [6.45, 7) is 4.29. The van der Waals surface area contributed by atoms with E-state index in [-0.39, 0.29) is 18.0 Å². The molecule has 76 valence electrons. The topological polar surface area (TPSA) is 46.5 Å². The van der Waals surface area contributed by atoms with E-state index < -0.39 is 0 Å². The highest BCUT2D eigenvalue weighted by Gasteiger charge is 2.37. The Hall–Kier alpha value is -0.570. The summed E-state index contributed by atoms with van der Waals surface area (Å²) in [6, 6.07) is 0. The van der Waals surface area contributed by atoms with Crippen LogP contribution in [0.3, 0.4) is 0 Å². The quantitative estimate of drug-likeness (QED) is 0.677. The Bertz CT molecular complexity index is 179. The van der Waals surface area contributed by atoms with Crippen molar-refractivity contribution >= 4 is 5.97 Å². The lowest BCUT2D eigenvalue weighted by Gasteiger charge is -2.15. The lowest BCUT2D eigenvalue weighted by atomic mass is 9.94. The summed E-state index contributed by atoms with van der Waals surface area (Å²) in [6.07, 6.45) is 1.97. The number of hydrogen-bond donors (Lipinski definition) is 1. The number of ether oxygens (including phenoxy) is 1. The number of rotatable bonds is 3. The van der Waals surface area contributed by atoms with E-state index in [9.17, 15) is 9.90 Å². The average Bonchev–Trinajstić information content (AvgIpc) is 2.47. The minimum atomic E-state index is -0.306. The highest BCUT2D eigenvalue weighted by atomic mass is 16.5. The third-order valence-electron chi connectivity index (χ3n) is 2.78. The molecular formula is C10H18O3. The van der Waals surface area contributed by atoms with E-state index in [1.807, 2.05) is 6.92 Å². The van der Waals surface area contributed by atoms with Crippen LogP contribution >= 0.6 is 0 Å². The van der Waals surface area contributed by atoms with Crippen molar-refractivity contribution in [2.75, 3.05) is 6.61 Å². The Morgan fingerprint density at radius 3 is 2.69 bits per heavy atom. The molecule has 0 saturated heterocycles. The van der Waals surface area contributed by atoms with Crippen molar-refractivity contribution in [3.05, 3.63) is 0 Å². The maximum absolute atomic E-state index is 11.4. The number of hydrogen-bond acceptors (Lipinski definition) is 3. The molecule has 1 fully saturated rings. The minimum absolute atomic E-state index is 0.0695. The van der Waals surface area contributed by atoms with Crippen LogP contribution in [0.4, 0.5) is 0 Å². The molecule has 0 spiro atoms. The lowest BCUT2D eigenvalue weighted by molar-refractivity contribution is -0.149. The van der Waals surface area contributed by atoms with Gasteiger partial charge >= 0.3 is 5.97 Å². The summed E-state index contributed by atoms with van der Waals surface area (Å²) in [5.74, 6) is 0.111. The highest BCUT2D eigenvalue weighted by molar-refractivity contribution is 5.73. The molecule has 0 bridgehead atoms. The van der Waals surface area contributed by atoms with Gasteiger partial charge in [0.1, 0.15) is 0 Å². The van der Waals surface area contributed by atoms with E-state index in [0.29, 0.717) is 18.9 Å².